The Balaban J connectivity index is 1.35. The number of halogens is 3. The summed E-state index contributed by atoms with van der Waals surface area (Å²) in [5.41, 5.74) is 4.20. The first-order valence-corrected chi connectivity index (χ1v) is 15.4. The fraction of sp³-hybridized carbons (Fsp3) is 0.344. The normalized spacial score (nSPS) is 15.2. The van der Waals surface area contributed by atoms with E-state index < -0.39 is 11.9 Å². The summed E-state index contributed by atoms with van der Waals surface area (Å²) in [6.45, 7) is 8.75. The van der Waals surface area contributed by atoms with Crippen LogP contribution in [-0.4, -0.2) is 53.3 Å². The number of piperidine rings is 1. The maximum absolute atomic E-state index is 13.8. The molecular formula is C32H33Cl2FN10. The largest absolute Gasteiger partial charge is 0.371 e. The minimum atomic E-state index is -0.537. The number of likely N-dealkylation sites (tertiary alicyclic amines) is 1. The van der Waals surface area contributed by atoms with Crippen molar-refractivity contribution in [2.75, 3.05) is 23.7 Å². The number of nitrogens with zero attached hydrogens (tertiary/aromatic N) is 8. The predicted octanol–water partition coefficient (Wildman–Crippen LogP) is 7.26. The third-order valence-electron chi connectivity index (χ3n) is 8.31. The van der Waals surface area contributed by atoms with Gasteiger partial charge in [-0.15, -0.1) is 5.10 Å². The smallest absolute Gasteiger partial charge is 0.141 e. The van der Waals surface area contributed by atoms with Gasteiger partial charge in [0.2, 0.25) is 0 Å². The fourth-order valence-electron chi connectivity index (χ4n) is 5.82. The van der Waals surface area contributed by atoms with E-state index in [-0.39, 0.29) is 16.6 Å². The minimum Gasteiger partial charge on any atom is -0.371 e. The highest BCUT2D eigenvalue weighted by atomic mass is 35.5. The van der Waals surface area contributed by atoms with E-state index in [0.717, 1.165) is 37.3 Å². The van der Waals surface area contributed by atoms with E-state index >= 15 is 0 Å². The molecule has 6 rings (SSSR count). The van der Waals surface area contributed by atoms with Crippen LogP contribution in [0.3, 0.4) is 0 Å². The Morgan fingerprint density at radius 1 is 1.07 bits per heavy atom. The van der Waals surface area contributed by atoms with Crippen LogP contribution in [0, 0.1) is 17.1 Å². The third-order valence-corrected chi connectivity index (χ3v) is 8.89. The Hall–Kier alpha value is -4.24. The number of anilines is 3. The summed E-state index contributed by atoms with van der Waals surface area (Å²) in [5, 5.41) is 31.2. The van der Waals surface area contributed by atoms with Crippen LogP contribution in [0.25, 0.3) is 10.9 Å². The van der Waals surface area contributed by atoms with E-state index in [1.165, 1.54) is 18.3 Å². The van der Waals surface area contributed by atoms with Gasteiger partial charge in [-0.25, -0.2) is 9.07 Å². The van der Waals surface area contributed by atoms with Gasteiger partial charge in [0, 0.05) is 54.8 Å². The standard InChI is InChI=1S/C32H33Cl2FN10/c1-32(2,3)44-11-8-22(9-12-44)45-18-27(41-42-45)31(28-7-10-38-43(28)4)40-21-13-23-29(39-20-5-6-26(35)24(33)14-20)19(16-36)17-37-30(23)25(34)15-21/h5-7,10,13-15,17-18,22,31,40H,8-9,11-12H2,1-4H3,(H,37,39). The first-order valence-electron chi connectivity index (χ1n) is 14.7. The van der Waals surface area contributed by atoms with Crippen molar-refractivity contribution in [3.63, 3.8) is 0 Å². The number of nitrogens with one attached hydrogen (secondary N) is 2. The van der Waals surface area contributed by atoms with Crippen molar-refractivity contribution in [1.82, 2.24) is 34.7 Å². The maximum Gasteiger partial charge on any atom is 0.141 e. The first-order chi connectivity index (χ1) is 21.5. The Morgan fingerprint density at radius 2 is 1.82 bits per heavy atom. The zero-order valence-electron chi connectivity index (χ0n) is 25.4. The Bertz CT molecular complexity index is 1900. The molecular weight excluding hydrogens is 614 g/mol. The molecule has 5 aromatic rings. The number of pyridine rings is 1. The Kier molecular flexibility index (Phi) is 8.39. The minimum absolute atomic E-state index is 0.0379. The number of fused-ring (bicyclic) bond motifs is 1. The highest BCUT2D eigenvalue weighted by Crippen LogP contribution is 2.37. The van der Waals surface area contributed by atoms with Crippen LogP contribution >= 0.6 is 23.2 Å². The van der Waals surface area contributed by atoms with Crippen molar-refractivity contribution in [2.24, 2.45) is 7.05 Å². The summed E-state index contributed by atoms with van der Waals surface area (Å²) in [7, 11) is 1.88. The molecule has 45 heavy (non-hydrogen) atoms. The lowest BCUT2D eigenvalue weighted by Gasteiger charge is -2.40. The van der Waals surface area contributed by atoms with E-state index in [1.807, 2.05) is 30.1 Å². The number of nitriles is 1. The molecule has 0 saturated carbocycles. The average Bonchev–Trinajstić information content (AvgIpc) is 3.67. The van der Waals surface area contributed by atoms with Crippen molar-refractivity contribution >= 4 is 51.2 Å². The lowest BCUT2D eigenvalue weighted by Crippen LogP contribution is -2.46. The summed E-state index contributed by atoms with van der Waals surface area (Å²) in [6.07, 6.45) is 7.19. The van der Waals surface area contributed by atoms with Gasteiger partial charge in [0.25, 0.3) is 0 Å². The Morgan fingerprint density at radius 3 is 2.49 bits per heavy atom. The molecule has 0 amide bonds. The van der Waals surface area contributed by atoms with Crippen LogP contribution in [0.5, 0.6) is 0 Å². The van der Waals surface area contributed by atoms with Gasteiger partial charge in [0.1, 0.15) is 23.6 Å². The summed E-state index contributed by atoms with van der Waals surface area (Å²) < 4.78 is 17.6. The number of hydrogen-bond acceptors (Lipinski definition) is 8. The third kappa shape index (κ3) is 6.31. The molecule has 0 bridgehead atoms. The van der Waals surface area contributed by atoms with Gasteiger partial charge in [-0.3, -0.25) is 14.6 Å². The molecule has 2 aromatic carbocycles. The van der Waals surface area contributed by atoms with Crippen LogP contribution in [0.1, 0.15) is 62.6 Å². The van der Waals surface area contributed by atoms with Crippen LogP contribution in [0.15, 0.2) is 55.0 Å². The second-order valence-corrected chi connectivity index (χ2v) is 13.1. The summed E-state index contributed by atoms with van der Waals surface area (Å²) in [6, 6.07) is 11.9. The topological polar surface area (TPSA) is 113 Å². The summed E-state index contributed by atoms with van der Waals surface area (Å²) >= 11 is 12.8. The zero-order chi connectivity index (χ0) is 31.9. The molecule has 1 atom stereocenters. The summed E-state index contributed by atoms with van der Waals surface area (Å²) in [5.74, 6) is -0.537. The molecule has 0 spiro atoms. The van der Waals surface area contributed by atoms with Gasteiger partial charge < -0.3 is 10.6 Å². The molecule has 1 aliphatic rings. The van der Waals surface area contributed by atoms with Crippen molar-refractivity contribution in [3.8, 4) is 6.07 Å². The molecule has 1 saturated heterocycles. The quantitative estimate of drug-likeness (QED) is 0.190. The predicted molar refractivity (Wildman–Crippen MR) is 174 cm³/mol. The first kappa shape index (κ1) is 30.8. The zero-order valence-corrected chi connectivity index (χ0v) is 26.9. The van der Waals surface area contributed by atoms with Gasteiger partial charge in [-0.2, -0.15) is 10.4 Å². The molecule has 0 radical (unpaired) electrons. The molecule has 2 N–H and O–H groups in total. The number of aryl methyl sites for hydroxylation is 1. The lowest BCUT2D eigenvalue weighted by atomic mass is 9.98. The van der Waals surface area contributed by atoms with Gasteiger partial charge in [-0.05, 0) is 70.0 Å². The number of aromatic nitrogens is 6. The average molecular weight is 648 g/mol. The molecule has 3 aromatic heterocycles. The van der Waals surface area contributed by atoms with Crippen molar-refractivity contribution in [2.45, 2.75) is 51.2 Å². The number of benzene rings is 2. The highest BCUT2D eigenvalue weighted by Gasteiger charge is 2.29. The highest BCUT2D eigenvalue weighted by molar-refractivity contribution is 6.36. The molecule has 232 valence electrons. The molecule has 1 aliphatic heterocycles. The Labute approximate surface area is 270 Å². The molecule has 1 unspecified atom stereocenters. The lowest BCUT2D eigenvalue weighted by molar-refractivity contribution is 0.0866. The second kappa shape index (κ2) is 12.3. The monoisotopic (exact) mass is 646 g/mol. The molecule has 1 fully saturated rings. The van der Waals surface area contributed by atoms with Crippen molar-refractivity contribution < 1.29 is 4.39 Å². The number of rotatable bonds is 7. The number of hydrogen-bond donors (Lipinski definition) is 2. The van der Waals surface area contributed by atoms with Gasteiger partial charge in [0.05, 0.1) is 44.7 Å². The molecule has 13 heteroatoms. The van der Waals surface area contributed by atoms with E-state index in [0.29, 0.717) is 38.6 Å². The molecule has 10 nitrogen and oxygen atoms in total. The maximum atomic E-state index is 13.8. The van der Waals surface area contributed by atoms with Crippen LogP contribution in [-0.2, 0) is 7.05 Å². The van der Waals surface area contributed by atoms with E-state index in [4.69, 9.17) is 23.2 Å². The van der Waals surface area contributed by atoms with Gasteiger partial charge >= 0.3 is 0 Å². The van der Waals surface area contributed by atoms with Crippen LogP contribution in [0.2, 0.25) is 10.0 Å². The van der Waals surface area contributed by atoms with Gasteiger partial charge in [0.15, 0.2) is 0 Å². The SMILES string of the molecule is Cn1nccc1C(Nc1cc(Cl)c2ncc(C#N)c(Nc3ccc(F)c(Cl)c3)c2c1)c1cn(C2CCN(C(C)(C)C)CC2)nn1. The van der Waals surface area contributed by atoms with Gasteiger partial charge in [-0.1, -0.05) is 28.4 Å². The van der Waals surface area contributed by atoms with Crippen LogP contribution in [0.4, 0.5) is 21.5 Å². The van der Waals surface area contributed by atoms with Crippen molar-refractivity contribution in [1.29, 1.82) is 5.26 Å². The van der Waals surface area contributed by atoms with Crippen molar-refractivity contribution in [3.05, 3.63) is 87.8 Å². The second-order valence-electron chi connectivity index (χ2n) is 12.2. The van der Waals surface area contributed by atoms with Crippen LogP contribution < -0.4 is 10.6 Å². The van der Waals surface area contributed by atoms with E-state index in [1.54, 1.807) is 23.0 Å². The fourth-order valence-corrected chi connectivity index (χ4v) is 6.26. The summed E-state index contributed by atoms with van der Waals surface area (Å²) in [4.78, 5) is 6.96. The molecule has 0 aliphatic carbocycles. The van der Waals surface area contributed by atoms with E-state index in [9.17, 15) is 9.65 Å². The molecule has 4 heterocycles. The van der Waals surface area contributed by atoms with E-state index in [2.05, 4.69) is 62.8 Å².